The minimum Gasteiger partial charge on any atom is -0.497 e. The molecule has 0 aliphatic carbocycles. The first kappa shape index (κ1) is 25.3. The molecule has 1 aliphatic rings. The Morgan fingerprint density at radius 2 is 1.68 bits per heavy atom. The van der Waals surface area contributed by atoms with E-state index in [1.54, 1.807) is 7.11 Å². The molecule has 0 saturated heterocycles. The normalized spacial score (nSPS) is 14.2. The lowest BCUT2D eigenvalue weighted by atomic mass is 10.0. The molecule has 2 amide bonds. The number of methoxy groups -OCH3 is 1. The molecule has 0 fully saturated rings. The molecule has 8 heteroatoms. The van der Waals surface area contributed by atoms with E-state index in [9.17, 15) is 4.79 Å². The Kier molecular flexibility index (Phi) is 6.51. The molecule has 8 nitrogen and oxygen atoms in total. The molecule has 3 aromatic carbocycles. The van der Waals surface area contributed by atoms with Gasteiger partial charge in [0.05, 0.1) is 36.8 Å². The van der Waals surface area contributed by atoms with Gasteiger partial charge >= 0.3 is 6.03 Å². The van der Waals surface area contributed by atoms with E-state index >= 15 is 0 Å². The largest absolute Gasteiger partial charge is 0.497 e. The van der Waals surface area contributed by atoms with Crippen molar-refractivity contribution in [1.29, 1.82) is 0 Å². The molecule has 0 spiro atoms. The van der Waals surface area contributed by atoms with E-state index in [1.165, 1.54) is 0 Å². The number of aryl methyl sites for hydroxylation is 1. The number of para-hydroxylation sites is 1. The summed E-state index contributed by atoms with van der Waals surface area (Å²) < 4.78 is 9.44. The van der Waals surface area contributed by atoms with Gasteiger partial charge in [0.1, 0.15) is 11.6 Å². The fourth-order valence-electron chi connectivity index (χ4n) is 5.32. The number of fused-ring (bicyclic) bond motifs is 3. The van der Waals surface area contributed by atoms with E-state index in [-0.39, 0.29) is 12.1 Å². The van der Waals surface area contributed by atoms with Crippen molar-refractivity contribution < 1.29 is 9.53 Å². The van der Waals surface area contributed by atoms with Crippen molar-refractivity contribution in [2.45, 2.75) is 19.5 Å². The first-order valence-electron chi connectivity index (χ1n) is 13.2. The van der Waals surface area contributed by atoms with Crippen LogP contribution in [0.3, 0.4) is 0 Å². The van der Waals surface area contributed by atoms with Crippen molar-refractivity contribution >= 4 is 17.4 Å². The van der Waals surface area contributed by atoms with Gasteiger partial charge in [-0.3, -0.25) is 0 Å². The third-order valence-electron chi connectivity index (χ3n) is 7.41. The summed E-state index contributed by atoms with van der Waals surface area (Å²) in [5.41, 5.74) is 6.65. The maximum atomic E-state index is 14.1. The van der Waals surface area contributed by atoms with Crippen molar-refractivity contribution in [3.05, 3.63) is 120 Å². The Hall–Kier alpha value is -4.98. The number of nitrogens with zero attached hydrogens (tertiary/aromatic N) is 5. The number of ether oxygens (including phenoxy) is 1. The molecule has 1 aliphatic heterocycles. The summed E-state index contributed by atoms with van der Waals surface area (Å²) in [4.78, 5) is 18.1. The summed E-state index contributed by atoms with van der Waals surface area (Å²) in [5.74, 6) is 1.68. The molecule has 0 unspecified atom stereocenters. The van der Waals surface area contributed by atoms with Gasteiger partial charge in [0.15, 0.2) is 0 Å². The summed E-state index contributed by atoms with van der Waals surface area (Å²) in [6.07, 6.45) is 2.06. The maximum Gasteiger partial charge on any atom is 0.322 e. The second kappa shape index (κ2) is 10.3. The Bertz CT molecular complexity index is 1640. The SMILES string of the molecule is COc1ccc(NC(=O)N2Cc3c(C)nn(-c4ccccc4)c3-n3cccc3[C@H]2c2ccc(N(C)C)cc2)cc1. The minimum absolute atomic E-state index is 0.195. The molecule has 202 valence electrons. The van der Waals surface area contributed by atoms with Crippen molar-refractivity contribution in [2.75, 3.05) is 31.4 Å². The fourth-order valence-corrected chi connectivity index (χ4v) is 5.32. The van der Waals surface area contributed by atoms with Gasteiger partial charge in [-0.25, -0.2) is 9.48 Å². The van der Waals surface area contributed by atoms with E-state index in [1.807, 2.05) is 91.3 Å². The van der Waals surface area contributed by atoms with E-state index in [2.05, 4.69) is 51.3 Å². The van der Waals surface area contributed by atoms with Gasteiger partial charge in [-0.2, -0.15) is 5.10 Å². The Labute approximate surface area is 234 Å². The smallest absolute Gasteiger partial charge is 0.322 e. The number of anilines is 2. The molecular weight excluding hydrogens is 500 g/mol. The molecular formula is C32H32N6O2. The molecule has 5 aromatic rings. The van der Waals surface area contributed by atoms with Crippen molar-refractivity contribution in [1.82, 2.24) is 19.2 Å². The topological polar surface area (TPSA) is 67.6 Å². The van der Waals surface area contributed by atoms with Crippen molar-refractivity contribution in [2.24, 2.45) is 0 Å². The van der Waals surface area contributed by atoms with Crippen LogP contribution in [-0.4, -0.2) is 46.5 Å². The number of urea groups is 1. The average Bonchev–Trinajstić information content (AvgIpc) is 3.54. The molecule has 2 aromatic heterocycles. The van der Waals surface area contributed by atoms with Crippen molar-refractivity contribution in [3.8, 4) is 17.3 Å². The third kappa shape index (κ3) is 4.47. The lowest BCUT2D eigenvalue weighted by molar-refractivity contribution is 0.194. The zero-order chi connectivity index (χ0) is 27.8. The number of carbonyl (C=O) groups is 1. The molecule has 1 atom stereocenters. The first-order valence-corrected chi connectivity index (χ1v) is 13.2. The second-order valence-corrected chi connectivity index (χ2v) is 10.1. The van der Waals surface area contributed by atoms with E-state index < -0.39 is 0 Å². The number of amides is 2. The van der Waals surface area contributed by atoms with Crippen LogP contribution in [0, 0.1) is 6.92 Å². The maximum absolute atomic E-state index is 14.1. The predicted octanol–water partition coefficient (Wildman–Crippen LogP) is 6.18. The zero-order valence-corrected chi connectivity index (χ0v) is 23.1. The van der Waals surface area contributed by atoms with E-state index in [0.29, 0.717) is 12.2 Å². The number of hydrogen-bond acceptors (Lipinski definition) is 4. The van der Waals surface area contributed by atoms with Gasteiger partial charge in [-0.05, 0) is 73.2 Å². The van der Waals surface area contributed by atoms with E-state index in [4.69, 9.17) is 9.84 Å². The number of benzene rings is 3. The van der Waals surface area contributed by atoms with Gasteiger partial charge in [-0.1, -0.05) is 30.3 Å². The van der Waals surface area contributed by atoms with Crippen LogP contribution in [0.5, 0.6) is 5.75 Å². The molecule has 6 rings (SSSR count). The quantitative estimate of drug-likeness (QED) is 0.293. The molecule has 0 bridgehead atoms. The number of rotatable bonds is 5. The van der Waals surface area contributed by atoms with Crippen LogP contribution in [0.25, 0.3) is 11.5 Å². The van der Waals surface area contributed by atoms with Crippen LogP contribution in [-0.2, 0) is 6.54 Å². The zero-order valence-electron chi connectivity index (χ0n) is 23.1. The standard InChI is InChI=1S/C32H32N6O2/c1-22-28-21-37(32(39)33-24-14-18-27(40-4)19-15-24)30(23-12-16-25(17-13-23)35(2)3)29-11-8-20-36(29)31(28)38(34-22)26-9-6-5-7-10-26/h5-20,30H,21H2,1-4H3,(H,33,39)/t30-/m1/s1. The van der Waals surface area contributed by atoms with Crippen LogP contribution in [0.1, 0.15) is 28.6 Å². The van der Waals surface area contributed by atoms with Gasteiger partial charge in [0.2, 0.25) is 0 Å². The van der Waals surface area contributed by atoms with Crippen LogP contribution < -0.4 is 15.0 Å². The third-order valence-corrected chi connectivity index (χ3v) is 7.41. The molecule has 0 saturated carbocycles. The summed E-state index contributed by atoms with van der Waals surface area (Å²) in [6.45, 7) is 2.39. The fraction of sp³-hybridized carbons (Fsp3) is 0.188. The molecule has 0 radical (unpaired) electrons. The Balaban J connectivity index is 1.50. The first-order chi connectivity index (χ1) is 19.4. The highest BCUT2D eigenvalue weighted by molar-refractivity contribution is 5.90. The number of aromatic nitrogens is 3. The second-order valence-electron chi connectivity index (χ2n) is 10.1. The monoisotopic (exact) mass is 532 g/mol. The molecule has 1 N–H and O–H groups in total. The lowest BCUT2D eigenvalue weighted by Crippen LogP contribution is -2.38. The Morgan fingerprint density at radius 1 is 0.950 bits per heavy atom. The van der Waals surface area contributed by atoms with Crippen LogP contribution in [0.4, 0.5) is 16.2 Å². The predicted molar refractivity (Wildman–Crippen MR) is 158 cm³/mol. The molecule has 3 heterocycles. The Morgan fingerprint density at radius 3 is 2.35 bits per heavy atom. The van der Waals surface area contributed by atoms with Crippen LogP contribution in [0.15, 0.2) is 97.2 Å². The van der Waals surface area contributed by atoms with Crippen LogP contribution >= 0.6 is 0 Å². The number of hydrogen-bond donors (Lipinski definition) is 1. The molecule has 40 heavy (non-hydrogen) atoms. The summed E-state index contributed by atoms with van der Waals surface area (Å²) >= 11 is 0. The van der Waals surface area contributed by atoms with Gasteiger partial charge in [0, 0.05) is 37.2 Å². The van der Waals surface area contributed by atoms with Crippen LogP contribution in [0.2, 0.25) is 0 Å². The highest BCUT2D eigenvalue weighted by Crippen LogP contribution is 2.39. The highest BCUT2D eigenvalue weighted by Gasteiger charge is 2.36. The van der Waals surface area contributed by atoms with Gasteiger partial charge in [-0.15, -0.1) is 0 Å². The highest BCUT2D eigenvalue weighted by atomic mass is 16.5. The average molecular weight is 533 g/mol. The van der Waals surface area contributed by atoms with E-state index in [0.717, 1.165) is 45.5 Å². The lowest BCUT2D eigenvalue weighted by Gasteiger charge is -2.31. The number of carbonyl (C=O) groups excluding carboxylic acids is 1. The minimum atomic E-state index is -0.333. The summed E-state index contributed by atoms with van der Waals surface area (Å²) in [6, 6.07) is 29.5. The van der Waals surface area contributed by atoms with Crippen molar-refractivity contribution in [3.63, 3.8) is 0 Å². The van der Waals surface area contributed by atoms with Gasteiger partial charge < -0.3 is 24.4 Å². The summed E-state index contributed by atoms with van der Waals surface area (Å²) in [5, 5.41) is 8.04. The van der Waals surface area contributed by atoms with Gasteiger partial charge in [0.25, 0.3) is 0 Å². The summed E-state index contributed by atoms with van der Waals surface area (Å²) in [7, 11) is 5.67. The number of nitrogens with one attached hydrogen (secondary N) is 1.